The molecule has 1 amide bonds. The van der Waals surface area contributed by atoms with E-state index in [2.05, 4.69) is 25.4 Å². The number of carbonyl (C=O) groups is 1. The number of hydrogen-bond acceptors (Lipinski definition) is 6. The van der Waals surface area contributed by atoms with Crippen LogP contribution in [0.15, 0.2) is 47.5 Å². The fourth-order valence-corrected chi connectivity index (χ4v) is 4.62. The Labute approximate surface area is 223 Å². The smallest absolute Gasteiger partial charge is 0.278 e. The van der Waals surface area contributed by atoms with Gasteiger partial charge in [-0.2, -0.15) is 5.10 Å². The first-order valence-corrected chi connectivity index (χ1v) is 12.0. The van der Waals surface area contributed by atoms with Crippen LogP contribution in [0.1, 0.15) is 40.5 Å². The first-order valence-electron chi connectivity index (χ1n) is 11.3. The molecule has 188 valence electrons. The van der Waals surface area contributed by atoms with Crippen molar-refractivity contribution in [3.63, 3.8) is 0 Å². The van der Waals surface area contributed by atoms with E-state index in [1.165, 1.54) is 0 Å². The molecule has 1 aromatic carbocycles. The molecule has 5 rings (SSSR count). The Morgan fingerprint density at radius 3 is 2.67 bits per heavy atom. The van der Waals surface area contributed by atoms with E-state index in [9.17, 15) is 9.59 Å². The summed E-state index contributed by atoms with van der Waals surface area (Å²) in [6.45, 7) is 3.49. The standard InChI is InChI=1S/C24H23Cl2N7O2.ClH/c1-14-4-7-27-19(10-14)23(35)32-8-5-16(6-9-32)33-21-20(13-29-33)30-24(31-22(21)34)28-12-15-2-3-17(25)18(26)11-15;/h2-4,7,10-11,13,16H,5-6,8-9,12H2,1H3,(H2,28,30,31,34);1H. The van der Waals surface area contributed by atoms with Crippen molar-refractivity contribution in [3.05, 3.63) is 79.9 Å². The molecule has 2 N–H and O–H groups in total. The Hall–Kier alpha value is -3.14. The van der Waals surface area contributed by atoms with Crippen LogP contribution < -0.4 is 10.9 Å². The lowest BCUT2D eigenvalue weighted by Crippen LogP contribution is -2.39. The van der Waals surface area contributed by atoms with E-state index in [4.69, 9.17) is 23.2 Å². The number of piperidine rings is 1. The van der Waals surface area contributed by atoms with E-state index < -0.39 is 0 Å². The maximum absolute atomic E-state index is 12.9. The van der Waals surface area contributed by atoms with Gasteiger partial charge in [-0.05, 0) is 55.2 Å². The molecule has 0 aliphatic carbocycles. The number of nitrogens with zero attached hydrogens (tertiary/aromatic N) is 5. The molecule has 1 saturated heterocycles. The third-order valence-electron chi connectivity index (χ3n) is 6.13. The van der Waals surface area contributed by atoms with Crippen LogP contribution >= 0.6 is 35.6 Å². The first-order chi connectivity index (χ1) is 16.9. The third-order valence-corrected chi connectivity index (χ3v) is 6.87. The Morgan fingerprint density at radius 2 is 1.94 bits per heavy atom. The maximum Gasteiger partial charge on any atom is 0.278 e. The third kappa shape index (κ3) is 5.33. The molecule has 3 aromatic heterocycles. The second-order valence-electron chi connectivity index (χ2n) is 8.58. The van der Waals surface area contributed by atoms with Gasteiger partial charge in [0.1, 0.15) is 11.2 Å². The Morgan fingerprint density at radius 1 is 1.17 bits per heavy atom. The van der Waals surface area contributed by atoms with Crippen molar-refractivity contribution in [2.75, 3.05) is 18.4 Å². The van der Waals surface area contributed by atoms with E-state index in [0.29, 0.717) is 65.2 Å². The number of benzene rings is 1. The zero-order chi connectivity index (χ0) is 24.5. The lowest BCUT2D eigenvalue weighted by atomic mass is 10.0. The number of rotatable bonds is 5. The second kappa shape index (κ2) is 10.9. The number of nitrogens with one attached hydrogen (secondary N) is 2. The van der Waals surface area contributed by atoms with Gasteiger partial charge >= 0.3 is 0 Å². The summed E-state index contributed by atoms with van der Waals surface area (Å²) in [5.74, 6) is 0.272. The van der Waals surface area contributed by atoms with Gasteiger partial charge in [0.05, 0.1) is 22.3 Å². The summed E-state index contributed by atoms with van der Waals surface area (Å²) in [5, 5.41) is 8.52. The van der Waals surface area contributed by atoms with Crippen molar-refractivity contribution >= 4 is 58.5 Å². The van der Waals surface area contributed by atoms with Crippen LogP contribution in [0.3, 0.4) is 0 Å². The van der Waals surface area contributed by atoms with Crippen molar-refractivity contribution < 1.29 is 4.79 Å². The predicted molar refractivity (Wildman–Crippen MR) is 142 cm³/mol. The Kier molecular flexibility index (Phi) is 7.82. The lowest BCUT2D eigenvalue weighted by Gasteiger charge is -2.32. The average molecular weight is 549 g/mol. The molecule has 0 bridgehead atoms. The number of fused-ring (bicyclic) bond motifs is 1. The van der Waals surface area contributed by atoms with Gasteiger partial charge in [-0.3, -0.25) is 24.2 Å². The van der Waals surface area contributed by atoms with Crippen LogP contribution in [0.5, 0.6) is 0 Å². The summed E-state index contributed by atoms with van der Waals surface area (Å²) < 4.78 is 1.73. The Bertz CT molecular complexity index is 1460. The van der Waals surface area contributed by atoms with Crippen LogP contribution in [0.25, 0.3) is 11.0 Å². The topological polar surface area (TPSA) is 109 Å². The fourth-order valence-electron chi connectivity index (χ4n) is 4.30. The van der Waals surface area contributed by atoms with Crippen molar-refractivity contribution in [1.29, 1.82) is 0 Å². The van der Waals surface area contributed by atoms with Gasteiger partial charge < -0.3 is 10.2 Å². The van der Waals surface area contributed by atoms with Crippen LogP contribution in [0.4, 0.5) is 5.95 Å². The van der Waals surface area contributed by atoms with Crippen LogP contribution in [0, 0.1) is 6.92 Å². The number of halogens is 3. The van der Waals surface area contributed by atoms with Crippen molar-refractivity contribution in [3.8, 4) is 0 Å². The molecular weight excluding hydrogens is 525 g/mol. The highest BCUT2D eigenvalue weighted by Crippen LogP contribution is 2.26. The number of amides is 1. The normalized spacial score (nSPS) is 14.0. The van der Waals surface area contributed by atoms with Crippen LogP contribution in [-0.2, 0) is 6.54 Å². The number of aryl methyl sites for hydroxylation is 1. The van der Waals surface area contributed by atoms with E-state index >= 15 is 0 Å². The van der Waals surface area contributed by atoms with E-state index in [1.54, 1.807) is 40.2 Å². The summed E-state index contributed by atoms with van der Waals surface area (Å²) in [6.07, 6.45) is 4.62. The molecule has 36 heavy (non-hydrogen) atoms. The highest BCUT2D eigenvalue weighted by atomic mass is 35.5. The highest BCUT2D eigenvalue weighted by molar-refractivity contribution is 6.42. The minimum atomic E-state index is -0.272. The number of H-pyrrole nitrogens is 1. The summed E-state index contributed by atoms with van der Waals surface area (Å²) in [6, 6.07) is 9.00. The molecule has 0 unspecified atom stereocenters. The predicted octanol–water partition coefficient (Wildman–Crippen LogP) is 4.64. The molecule has 1 aliphatic rings. The number of aromatic nitrogens is 5. The number of hydrogen-bond donors (Lipinski definition) is 2. The molecule has 4 aromatic rings. The minimum absolute atomic E-state index is 0. The zero-order valence-corrected chi connectivity index (χ0v) is 21.7. The minimum Gasteiger partial charge on any atom is -0.352 e. The number of anilines is 1. The largest absolute Gasteiger partial charge is 0.352 e. The second-order valence-corrected chi connectivity index (χ2v) is 9.40. The summed E-state index contributed by atoms with van der Waals surface area (Å²) in [7, 11) is 0. The highest BCUT2D eigenvalue weighted by Gasteiger charge is 2.27. The fraction of sp³-hybridized carbons (Fsp3) is 0.292. The van der Waals surface area contributed by atoms with Gasteiger partial charge in [0, 0.05) is 25.8 Å². The van der Waals surface area contributed by atoms with Gasteiger partial charge in [0.2, 0.25) is 5.95 Å². The van der Waals surface area contributed by atoms with Gasteiger partial charge in [0.25, 0.3) is 11.5 Å². The molecule has 12 heteroatoms. The molecule has 1 fully saturated rings. The molecule has 0 radical (unpaired) electrons. The Balaban J connectivity index is 0.00000304. The van der Waals surface area contributed by atoms with E-state index in [-0.39, 0.29) is 29.9 Å². The quantitative estimate of drug-likeness (QED) is 0.376. The molecule has 0 spiro atoms. The number of pyridine rings is 1. The van der Waals surface area contributed by atoms with E-state index in [1.807, 2.05) is 19.1 Å². The van der Waals surface area contributed by atoms with Gasteiger partial charge in [-0.1, -0.05) is 29.3 Å². The van der Waals surface area contributed by atoms with Crippen molar-refractivity contribution in [2.24, 2.45) is 0 Å². The number of likely N-dealkylation sites (tertiary alicyclic amines) is 1. The monoisotopic (exact) mass is 547 g/mol. The summed E-state index contributed by atoms with van der Waals surface area (Å²) in [5.41, 5.74) is 3.02. The van der Waals surface area contributed by atoms with Gasteiger partial charge in [-0.15, -0.1) is 12.4 Å². The summed E-state index contributed by atoms with van der Waals surface area (Å²) >= 11 is 12.0. The summed E-state index contributed by atoms with van der Waals surface area (Å²) in [4.78, 5) is 39.0. The molecule has 4 heterocycles. The average Bonchev–Trinajstić information content (AvgIpc) is 3.29. The SMILES string of the molecule is Cc1ccnc(C(=O)N2CCC(n3ncc4nc(NCc5ccc(Cl)c(Cl)c5)[nH]c(=O)c43)CC2)c1.Cl. The van der Waals surface area contributed by atoms with Crippen LogP contribution in [-0.4, -0.2) is 48.6 Å². The molecule has 0 atom stereocenters. The molecule has 0 saturated carbocycles. The molecule has 9 nitrogen and oxygen atoms in total. The van der Waals surface area contributed by atoms with Crippen molar-refractivity contribution in [1.82, 2.24) is 29.6 Å². The van der Waals surface area contributed by atoms with Crippen molar-refractivity contribution in [2.45, 2.75) is 32.4 Å². The number of carbonyl (C=O) groups excluding carboxylic acids is 1. The van der Waals surface area contributed by atoms with E-state index in [0.717, 1.165) is 11.1 Å². The first kappa shape index (κ1) is 25.9. The molecular formula is C24H24Cl3N7O2. The van der Waals surface area contributed by atoms with Gasteiger partial charge in [-0.25, -0.2) is 4.98 Å². The van der Waals surface area contributed by atoms with Crippen LogP contribution in [0.2, 0.25) is 10.0 Å². The zero-order valence-electron chi connectivity index (χ0n) is 19.4. The van der Waals surface area contributed by atoms with Gasteiger partial charge in [0.15, 0.2) is 5.52 Å². The maximum atomic E-state index is 12.9. The lowest BCUT2D eigenvalue weighted by molar-refractivity contribution is 0.0685. The number of aromatic amines is 1. The molecule has 1 aliphatic heterocycles.